The smallest absolute Gasteiger partial charge is 0.406 e. The first-order chi connectivity index (χ1) is 16.1. The summed E-state index contributed by atoms with van der Waals surface area (Å²) in [5.41, 5.74) is -0.144. The van der Waals surface area contributed by atoms with Gasteiger partial charge in [0.05, 0.1) is 10.6 Å². The number of hydrogen-bond donors (Lipinski definition) is 0. The highest BCUT2D eigenvalue weighted by Gasteiger charge is 2.37. The molecule has 0 saturated carbocycles. The van der Waals surface area contributed by atoms with Crippen LogP contribution in [0, 0.1) is 0 Å². The van der Waals surface area contributed by atoms with Gasteiger partial charge < -0.3 is 4.74 Å². The third-order valence-corrected chi connectivity index (χ3v) is 7.23. The van der Waals surface area contributed by atoms with Crippen molar-refractivity contribution in [2.75, 3.05) is 17.7 Å². The molecule has 3 aromatic rings. The van der Waals surface area contributed by atoms with Gasteiger partial charge in [-0.2, -0.15) is 13.2 Å². The summed E-state index contributed by atoms with van der Waals surface area (Å²) in [6, 6.07) is 5.59. The first kappa shape index (κ1) is 26.3. The molecule has 0 bridgehead atoms. The molecule has 0 spiro atoms. The lowest BCUT2D eigenvalue weighted by molar-refractivity contribution is -0.274. The Balaban J connectivity index is 2.00. The molecule has 0 radical (unpaired) electrons. The number of sulfone groups is 1. The summed E-state index contributed by atoms with van der Waals surface area (Å²) >= 11 is 0.0839. The Hall–Kier alpha value is -3.27. The molecule has 35 heavy (non-hydrogen) atoms. The van der Waals surface area contributed by atoms with E-state index in [-0.39, 0.29) is 22.5 Å². The van der Waals surface area contributed by atoms with Crippen LogP contribution in [-0.2, 0) is 16.0 Å². The molecule has 0 aliphatic rings. The Kier molecular flexibility index (Phi) is 7.08. The Morgan fingerprint density at radius 1 is 1.06 bits per heavy atom. The fourth-order valence-electron chi connectivity index (χ4n) is 2.72. The number of nitrogens with zero attached hydrogens (tertiary/aromatic N) is 4. The third kappa shape index (κ3) is 6.05. The molecule has 1 amide bonds. The molecule has 0 unspecified atom stereocenters. The lowest BCUT2D eigenvalue weighted by Gasteiger charge is -2.16. The van der Waals surface area contributed by atoms with Gasteiger partial charge in [0.25, 0.3) is 5.91 Å². The Morgan fingerprint density at radius 2 is 1.69 bits per heavy atom. The molecule has 1 aromatic carbocycles. The number of alkyl halides is 6. The van der Waals surface area contributed by atoms with Crippen LogP contribution in [0.3, 0.4) is 0 Å². The number of rotatable bonds is 6. The van der Waals surface area contributed by atoms with Crippen molar-refractivity contribution in [1.29, 1.82) is 0 Å². The topological polar surface area (TPSA) is 102 Å². The van der Waals surface area contributed by atoms with E-state index in [0.29, 0.717) is 4.90 Å². The standard InChI is InChI=1S/C19H14F6N4O4S2/c1-3-35(31,32)13-8-11(10-4-6-12(7-5-10)33-19(23,24)25)9-26-14(13)15(30)29(2)17-28-27-16(34-17)18(20,21)22/h4-9H,3H2,1-2H3. The summed E-state index contributed by atoms with van der Waals surface area (Å²) in [4.78, 5) is 17.0. The van der Waals surface area contributed by atoms with E-state index in [2.05, 4.69) is 19.9 Å². The average Bonchev–Trinajstić information content (AvgIpc) is 3.28. The number of ether oxygens (including phenoxy) is 1. The van der Waals surface area contributed by atoms with E-state index < -0.39 is 60.5 Å². The van der Waals surface area contributed by atoms with Crippen LogP contribution >= 0.6 is 11.3 Å². The van der Waals surface area contributed by atoms with Crippen LogP contribution in [0.25, 0.3) is 11.1 Å². The number of halogens is 6. The van der Waals surface area contributed by atoms with Crippen LogP contribution in [0.5, 0.6) is 5.75 Å². The second kappa shape index (κ2) is 9.41. The van der Waals surface area contributed by atoms with Crippen molar-refractivity contribution in [3.8, 4) is 16.9 Å². The van der Waals surface area contributed by atoms with Gasteiger partial charge in [-0.05, 0) is 23.8 Å². The van der Waals surface area contributed by atoms with Gasteiger partial charge in [-0.15, -0.1) is 23.4 Å². The molecule has 0 aliphatic heterocycles. The second-order valence-electron chi connectivity index (χ2n) is 6.80. The highest BCUT2D eigenvalue weighted by molar-refractivity contribution is 7.91. The molecule has 3 rings (SSSR count). The number of carbonyl (C=O) groups excluding carboxylic acids is 1. The summed E-state index contributed by atoms with van der Waals surface area (Å²) in [7, 11) is -2.98. The zero-order valence-electron chi connectivity index (χ0n) is 17.7. The summed E-state index contributed by atoms with van der Waals surface area (Å²) < 4.78 is 105. The first-order valence-electron chi connectivity index (χ1n) is 9.40. The minimum absolute atomic E-state index is 0.0839. The monoisotopic (exact) mass is 540 g/mol. The predicted octanol–water partition coefficient (Wildman–Crippen LogP) is 4.59. The minimum Gasteiger partial charge on any atom is -0.406 e. The minimum atomic E-state index is -4.90. The van der Waals surface area contributed by atoms with Gasteiger partial charge in [-0.25, -0.2) is 13.4 Å². The third-order valence-electron chi connectivity index (χ3n) is 4.44. The molecule has 0 atom stereocenters. The highest BCUT2D eigenvalue weighted by atomic mass is 32.2. The van der Waals surface area contributed by atoms with Gasteiger partial charge in [0.2, 0.25) is 10.1 Å². The van der Waals surface area contributed by atoms with Gasteiger partial charge in [-0.3, -0.25) is 9.69 Å². The van der Waals surface area contributed by atoms with E-state index in [1.165, 1.54) is 19.1 Å². The van der Waals surface area contributed by atoms with Crippen molar-refractivity contribution in [2.45, 2.75) is 24.4 Å². The van der Waals surface area contributed by atoms with E-state index in [0.717, 1.165) is 31.4 Å². The van der Waals surface area contributed by atoms with Crippen LogP contribution in [-0.4, -0.2) is 48.7 Å². The van der Waals surface area contributed by atoms with Crippen LogP contribution in [0.15, 0.2) is 41.4 Å². The molecule has 16 heteroatoms. The maximum Gasteiger partial charge on any atom is 0.573 e. The van der Waals surface area contributed by atoms with Crippen LogP contribution in [0.4, 0.5) is 31.5 Å². The van der Waals surface area contributed by atoms with E-state index in [1.54, 1.807) is 0 Å². The van der Waals surface area contributed by atoms with Crippen molar-refractivity contribution in [1.82, 2.24) is 15.2 Å². The van der Waals surface area contributed by atoms with Crippen molar-refractivity contribution < 1.29 is 44.3 Å². The largest absolute Gasteiger partial charge is 0.573 e. The number of amides is 1. The van der Waals surface area contributed by atoms with Crippen molar-refractivity contribution in [2.24, 2.45) is 0 Å². The summed E-state index contributed by atoms with van der Waals surface area (Å²) in [5.74, 6) is -1.99. The maximum atomic E-state index is 12.9. The molecule has 8 nitrogen and oxygen atoms in total. The number of carbonyl (C=O) groups is 1. The van der Waals surface area contributed by atoms with Gasteiger partial charge in [0.1, 0.15) is 11.4 Å². The SMILES string of the molecule is CCS(=O)(=O)c1cc(-c2ccc(OC(F)(F)F)cc2)cnc1C(=O)N(C)c1nnc(C(F)(F)F)s1. The van der Waals surface area contributed by atoms with E-state index in [1.807, 2.05) is 0 Å². The maximum absolute atomic E-state index is 12.9. The zero-order valence-corrected chi connectivity index (χ0v) is 19.3. The average molecular weight is 540 g/mol. The molecule has 188 valence electrons. The molecule has 0 N–H and O–H groups in total. The Labute approximate surface area is 198 Å². The Bertz CT molecular complexity index is 1340. The van der Waals surface area contributed by atoms with E-state index in [9.17, 15) is 39.6 Å². The number of aromatic nitrogens is 3. The molecule has 0 aliphatic carbocycles. The van der Waals surface area contributed by atoms with Crippen LogP contribution in [0.2, 0.25) is 0 Å². The van der Waals surface area contributed by atoms with Crippen LogP contribution < -0.4 is 9.64 Å². The summed E-state index contributed by atoms with van der Waals surface area (Å²) in [5, 5.41) is 4.58. The lowest BCUT2D eigenvalue weighted by Crippen LogP contribution is -2.29. The van der Waals surface area contributed by atoms with Gasteiger partial charge in [0.15, 0.2) is 9.84 Å². The zero-order chi connectivity index (χ0) is 26.2. The lowest BCUT2D eigenvalue weighted by atomic mass is 10.1. The molecule has 0 fully saturated rings. The van der Waals surface area contributed by atoms with Gasteiger partial charge in [0, 0.05) is 18.8 Å². The number of anilines is 1. The number of pyridine rings is 1. The van der Waals surface area contributed by atoms with Crippen molar-refractivity contribution >= 4 is 32.2 Å². The summed E-state index contributed by atoms with van der Waals surface area (Å²) in [6.07, 6.45) is -8.57. The first-order valence-corrected chi connectivity index (χ1v) is 11.9. The molecular formula is C19H14F6N4O4S2. The van der Waals surface area contributed by atoms with Crippen LogP contribution in [0.1, 0.15) is 22.4 Å². The summed E-state index contributed by atoms with van der Waals surface area (Å²) in [6.45, 7) is 1.31. The van der Waals surface area contributed by atoms with Gasteiger partial charge in [-0.1, -0.05) is 30.4 Å². The molecule has 0 saturated heterocycles. The van der Waals surface area contributed by atoms with E-state index in [4.69, 9.17) is 0 Å². The Morgan fingerprint density at radius 3 is 2.20 bits per heavy atom. The fraction of sp³-hybridized carbons (Fsp3) is 0.263. The quantitative estimate of drug-likeness (QED) is 0.422. The van der Waals surface area contributed by atoms with Crippen molar-refractivity contribution in [3.05, 3.63) is 47.2 Å². The highest BCUT2D eigenvalue weighted by Crippen LogP contribution is 2.35. The van der Waals surface area contributed by atoms with Gasteiger partial charge >= 0.3 is 12.5 Å². The normalized spacial score (nSPS) is 12.5. The van der Waals surface area contributed by atoms with E-state index >= 15 is 0 Å². The van der Waals surface area contributed by atoms with Crippen molar-refractivity contribution in [3.63, 3.8) is 0 Å². The fourth-order valence-corrected chi connectivity index (χ4v) is 4.44. The molecule has 2 heterocycles. The number of benzene rings is 1. The molecular weight excluding hydrogens is 526 g/mol. The predicted molar refractivity (Wildman–Crippen MR) is 112 cm³/mol. The number of hydrogen-bond acceptors (Lipinski definition) is 8. The molecule has 2 aromatic heterocycles. The second-order valence-corrected chi connectivity index (χ2v) is 10.0.